The van der Waals surface area contributed by atoms with E-state index in [4.69, 9.17) is 5.73 Å². The van der Waals surface area contributed by atoms with Crippen LogP contribution in [0.2, 0.25) is 0 Å². The Balaban J connectivity index is 2.02. The molecule has 2 N–H and O–H groups in total. The molecule has 0 amide bonds. The minimum Gasteiger partial charge on any atom is -0.320 e. The van der Waals surface area contributed by atoms with Crippen LogP contribution in [0.1, 0.15) is 37.3 Å². The summed E-state index contributed by atoms with van der Waals surface area (Å²) in [4.78, 5) is 2.36. The topological polar surface area (TPSA) is 29.3 Å². The molecule has 1 aromatic carbocycles. The van der Waals surface area contributed by atoms with Gasteiger partial charge < -0.3 is 5.73 Å². The number of hydrogen-bond donors (Lipinski definition) is 1. The molecule has 2 nitrogen and oxygen atoms in total. The summed E-state index contributed by atoms with van der Waals surface area (Å²) in [5, 5.41) is 0. The van der Waals surface area contributed by atoms with E-state index in [9.17, 15) is 4.39 Å². The predicted octanol–water partition coefficient (Wildman–Crippen LogP) is 2.76. The van der Waals surface area contributed by atoms with Gasteiger partial charge >= 0.3 is 0 Å². The Hall–Kier alpha value is -1.37. The van der Waals surface area contributed by atoms with Crippen molar-refractivity contribution in [1.29, 1.82) is 0 Å². The molecule has 0 saturated carbocycles. The van der Waals surface area contributed by atoms with Crippen molar-refractivity contribution in [2.45, 2.75) is 32.7 Å². The van der Waals surface area contributed by atoms with Crippen LogP contribution in [0.5, 0.6) is 0 Å². The highest BCUT2D eigenvalue weighted by Crippen LogP contribution is 2.21. The van der Waals surface area contributed by atoms with Gasteiger partial charge in [0.1, 0.15) is 5.82 Å². The fourth-order valence-electron chi connectivity index (χ4n) is 2.78. The summed E-state index contributed by atoms with van der Waals surface area (Å²) >= 11 is 0. The molecule has 1 aliphatic heterocycles. The number of benzene rings is 1. The van der Waals surface area contributed by atoms with Gasteiger partial charge in [0.05, 0.1) is 6.54 Å². The van der Waals surface area contributed by atoms with Crippen LogP contribution in [0.15, 0.2) is 18.2 Å². The van der Waals surface area contributed by atoms with Crippen LogP contribution < -0.4 is 5.73 Å². The number of piperidine rings is 1. The van der Waals surface area contributed by atoms with Crippen molar-refractivity contribution in [2.75, 3.05) is 19.6 Å². The second-order valence-electron chi connectivity index (χ2n) is 5.46. The molecule has 1 aliphatic rings. The number of hydrogen-bond acceptors (Lipinski definition) is 2. The lowest BCUT2D eigenvalue weighted by atomic mass is 9.95. The molecular formula is C17H23FN2. The van der Waals surface area contributed by atoms with E-state index < -0.39 is 0 Å². The normalized spacial score (nSPS) is 19.4. The second-order valence-corrected chi connectivity index (χ2v) is 5.46. The molecule has 0 spiro atoms. The maximum Gasteiger partial charge on any atom is 0.128 e. The van der Waals surface area contributed by atoms with Crippen molar-refractivity contribution in [1.82, 2.24) is 4.90 Å². The smallest absolute Gasteiger partial charge is 0.128 e. The quantitative estimate of drug-likeness (QED) is 0.859. The van der Waals surface area contributed by atoms with E-state index in [1.807, 2.05) is 12.1 Å². The fourth-order valence-corrected chi connectivity index (χ4v) is 2.78. The van der Waals surface area contributed by atoms with E-state index in [2.05, 4.69) is 23.7 Å². The lowest BCUT2D eigenvalue weighted by Gasteiger charge is -2.32. The molecule has 1 atom stereocenters. The van der Waals surface area contributed by atoms with Crippen LogP contribution in [-0.2, 0) is 6.54 Å². The molecule has 0 bridgehead atoms. The maximum absolute atomic E-state index is 14.1. The lowest BCUT2D eigenvalue weighted by molar-refractivity contribution is 0.163. The Kier molecular flexibility index (Phi) is 5.58. The second kappa shape index (κ2) is 7.42. The number of nitrogens with two attached hydrogens (primary N) is 1. The summed E-state index contributed by atoms with van der Waals surface area (Å²) in [6.45, 7) is 5.40. The third-order valence-electron chi connectivity index (χ3n) is 3.96. The highest BCUT2D eigenvalue weighted by Gasteiger charge is 2.19. The zero-order chi connectivity index (χ0) is 14.4. The van der Waals surface area contributed by atoms with Crippen molar-refractivity contribution in [2.24, 2.45) is 11.7 Å². The number of rotatable bonds is 3. The van der Waals surface area contributed by atoms with Gasteiger partial charge in [-0.1, -0.05) is 31.3 Å². The van der Waals surface area contributed by atoms with Crippen LogP contribution >= 0.6 is 0 Å². The molecule has 20 heavy (non-hydrogen) atoms. The number of halogens is 1. The monoisotopic (exact) mass is 274 g/mol. The van der Waals surface area contributed by atoms with Gasteiger partial charge in [-0.05, 0) is 37.4 Å². The van der Waals surface area contributed by atoms with Crippen LogP contribution in [0.25, 0.3) is 0 Å². The molecule has 1 unspecified atom stereocenters. The molecular weight excluding hydrogens is 251 g/mol. The molecule has 3 heteroatoms. The van der Waals surface area contributed by atoms with E-state index in [0.717, 1.165) is 24.6 Å². The highest BCUT2D eigenvalue weighted by atomic mass is 19.1. The molecule has 1 saturated heterocycles. The molecule has 0 radical (unpaired) electrons. The van der Waals surface area contributed by atoms with Crippen LogP contribution in [0.3, 0.4) is 0 Å². The fraction of sp³-hybridized carbons (Fsp3) is 0.529. The summed E-state index contributed by atoms with van der Waals surface area (Å²) in [6, 6.07) is 5.24. The average Bonchev–Trinajstić information content (AvgIpc) is 2.48. The first-order valence-electron chi connectivity index (χ1n) is 7.42. The average molecular weight is 274 g/mol. The Morgan fingerprint density at radius 1 is 1.45 bits per heavy atom. The summed E-state index contributed by atoms with van der Waals surface area (Å²) in [7, 11) is 0. The van der Waals surface area contributed by atoms with Gasteiger partial charge in [0.2, 0.25) is 0 Å². The first-order valence-corrected chi connectivity index (χ1v) is 7.42. The Labute approximate surface area is 121 Å². The minimum absolute atomic E-state index is 0.160. The SMILES string of the molecule is CCC1CCCN(Cc2ccc(C#CCN)cc2F)C1. The molecule has 1 heterocycles. The van der Waals surface area contributed by atoms with Crippen molar-refractivity contribution in [3.05, 3.63) is 35.1 Å². The zero-order valence-corrected chi connectivity index (χ0v) is 12.2. The van der Waals surface area contributed by atoms with Crippen LogP contribution in [0.4, 0.5) is 4.39 Å². The van der Waals surface area contributed by atoms with Gasteiger partial charge in [0.15, 0.2) is 0 Å². The van der Waals surface area contributed by atoms with Gasteiger partial charge in [0.25, 0.3) is 0 Å². The van der Waals surface area contributed by atoms with Crippen molar-refractivity contribution in [3.8, 4) is 11.8 Å². The molecule has 2 rings (SSSR count). The number of likely N-dealkylation sites (tertiary alicyclic amines) is 1. The van der Waals surface area contributed by atoms with Gasteiger partial charge in [-0.3, -0.25) is 4.90 Å². The van der Waals surface area contributed by atoms with Gasteiger partial charge in [0, 0.05) is 24.2 Å². The summed E-state index contributed by atoms with van der Waals surface area (Å²) in [5.41, 5.74) is 6.78. The van der Waals surface area contributed by atoms with Crippen molar-refractivity contribution in [3.63, 3.8) is 0 Å². The van der Waals surface area contributed by atoms with Gasteiger partial charge in [-0.2, -0.15) is 0 Å². The standard InChI is InChI=1S/C17H23FN2/c1-2-14-6-4-10-20(12-14)13-16-8-7-15(5-3-9-19)11-17(16)18/h7-8,11,14H,2,4,6,9-10,12-13,19H2,1H3. The number of nitrogens with zero attached hydrogens (tertiary/aromatic N) is 1. The summed E-state index contributed by atoms with van der Waals surface area (Å²) < 4.78 is 14.1. The zero-order valence-electron chi connectivity index (χ0n) is 12.2. The third-order valence-corrected chi connectivity index (χ3v) is 3.96. The maximum atomic E-state index is 14.1. The molecule has 1 fully saturated rings. The van der Waals surface area contributed by atoms with Gasteiger partial charge in [-0.15, -0.1) is 0 Å². The first-order chi connectivity index (χ1) is 9.72. The minimum atomic E-state index is -0.160. The largest absolute Gasteiger partial charge is 0.320 e. The molecule has 1 aromatic rings. The lowest BCUT2D eigenvalue weighted by Crippen LogP contribution is -2.34. The Bertz CT molecular complexity index is 501. The van der Waals surface area contributed by atoms with Crippen LogP contribution in [-0.4, -0.2) is 24.5 Å². The van der Waals surface area contributed by atoms with Crippen LogP contribution in [0, 0.1) is 23.6 Å². The van der Waals surface area contributed by atoms with E-state index >= 15 is 0 Å². The molecule has 0 aliphatic carbocycles. The third kappa shape index (κ3) is 4.06. The predicted molar refractivity (Wildman–Crippen MR) is 80.6 cm³/mol. The van der Waals surface area contributed by atoms with Crippen molar-refractivity contribution < 1.29 is 4.39 Å². The van der Waals surface area contributed by atoms with E-state index in [1.165, 1.54) is 25.3 Å². The Morgan fingerprint density at radius 2 is 2.30 bits per heavy atom. The van der Waals surface area contributed by atoms with E-state index in [0.29, 0.717) is 18.7 Å². The van der Waals surface area contributed by atoms with E-state index in [1.54, 1.807) is 0 Å². The Morgan fingerprint density at radius 3 is 3.00 bits per heavy atom. The van der Waals surface area contributed by atoms with Gasteiger partial charge in [-0.25, -0.2) is 4.39 Å². The van der Waals surface area contributed by atoms with E-state index in [-0.39, 0.29) is 5.82 Å². The summed E-state index contributed by atoms with van der Waals surface area (Å²) in [5.74, 6) is 6.22. The van der Waals surface area contributed by atoms with Crippen molar-refractivity contribution >= 4 is 0 Å². The summed E-state index contributed by atoms with van der Waals surface area (Å²) in [6.07, 6.45) is 3.75. The molecule has 108 valence electrons. The first kappa shape index (κ1) is 15.0. The molecule has 0 aromatic heterocycles. The highest BCUT2D eigenvalue weighted by molar-refractivity contribution is 5.37.